The third-order valence-electron chi connectivity index (χ3n) is 4.04. The van der Waals surface area contributed by atoms with E-state index in [0.29, 0.717) is 19.1 Å². The predicted molar refractivity (Wildman–Crippen MR) is 82.4 cm³/mol. The standard InChI is InChI=1S/C14H17N5O2S/c1-8-15-14(22-18-8)16-11-6-21-7-12(11)19-13(20)5-4-10(17-19)9-2-3-9/h4-5,9,11-12H,2-3,6-7H2,1H3,(H,15,16,18). The normalized spacial score (nSPS) is 24.6. The number of nitrogens with one attached hydrogen (secondary N) is 1. The summed E-state index contributed by atoms with van der Waals surface area (Å²) >= 11 is 1.32. The monoisotopic (exact) mass is 319 g/mol. The molecular formula is C14H17N5O2S. The second-order valence-corrected chi connectivity index (χ2v) is 6.57. The Labute approximate surface area is 131 Å². The van der Waals surface area contributed by atoms with Gasteiger partial charge in [0.15, 0.2) is 0 Å². The largest absolute Gasteiger partial charge is 0.377 e. The lowest BCUT2D eigenvalue weighted by Gasteiger charge is -2.20. The molecule has 2 unspecified atom stereocenters. The Bertz CT molecular complexity index is 739. The Morgan fingerprint density at radius 1 is 1.36 bits per heavy atom. The van der Waals surface area contributed by atoms with Crippen LogP contribution in [0.1, 0.15) is 36.3 Å². The minimum Gasteiger partial charge on any atom is -0.377 e. The van der Waals surface area contributed by atoms with Crippen LogP contribution in [0.5, 0.6) is 0 Å². The van der Waals surface area contributed by atoms with Crippen molar-refractivity contribution in [3.63, 3.8) is 0 Å². The molecule has 4 rings (SSSR count). The highest BCUT2D eigenvalue weighted by molar-refractivity contribution is 7.09. The zero-order valence-corrected chi connectivity index (χ0v) is 13.0. The topological polar surface area (TPSA) is 81.9 Å². The first kappa shape index (κ1) is 13.8. The second-order valence-electron chi connectivity index (χ2n) is 5.82. The Morgan fingerprint density at radius 3 is 2.95 bits per heavy atom. The van der Waals surface area contributed by atoms with E-state index in [1.165, 1.54) is 11.5 Å². The Balaban J connectivity index is 1.60. The summed E-state index contributed by atoms with van der Waals surface area (Å²) in [5.41, 5.74) is 0.928. The number of rotatable bonds is 4. The van der Waals surface area contributed by atoms with Gasteiger partial charge in [0.25, 0.3) is 5.56 Å². The number of ether oxygens (including phenoxy) is 1. The maximum Gasteiger partial charge on any atom is 0.267 e. The van der Waals surface area contributed by atoms with Gasteiger partial charge >= 0.3 is 0 Å². The van der Waals surface area contributed by atoms with Crippen molar-refractivity contribution in [1.29, 1.82) is 0 Å². The first-order valence-corrected chi connectivity index (χ1v) is 8.22. The van der Waals surface area contributed by atoms with Crippen LogP contribution >= 0.6 is 11.5 Å². The van der Waals surface area contributed by atoms with E-state index in [1.54, 1.807) is 10.7 Å². The van der Waals surface area contributed by atoms with Gasteiger partial charge in [-0.25, -0.2) is 9.67 Å². The molecule has 2 aromatic rings. The predicted octanol–water partition coefficient (Wildman–Crippen LogP) is 1.33. The highest BCUT2D eigenvalue weighted by atomic mass is 32.1. The van der Waals surface area contributed by atoms with Crippen LogP contribution in [-0.4, -0.2) is 38.4 Å². The molecule has 2 aromatic heterocycles. The Kier molecular flexibility index (Phi) is 3.42. The summed E-state index contributed by atoms with van der Waals surface area (Å²) in [4.78, 5) is 16.5. The summed E-state index contributed by atoms with van der Waals surface area (Å²) < 4.78 is 11.3. The van der Waals surface area contributed by atoms with Crippen molar-refractivity contribution in [2.75, 3.05) is 18.5 Å². The van der Waals surface area contributed by atoms with E-state index in [4.69, 9.17) is 4.74 Å². The maximum absolute atomic E-state index is 12.2. The average Bonchev–Trinajstić information content (AvgIpc) is 3.13. The van der Waals surface area contributed by atoms with Gasteiger partial charge in [-0.2, -0.15) is 9.47 Å². The Morgan fingerprint density at radius 2 is 2.23 bits per heavy atom. The van der Waals surface area contributed by atoms with Crippen LogP contribution in [-0.2, 0) is 4.74 Å². The highest BCUT2D eigenvalue weighted by Crippen LogP contribution is 2.38. The van der Waals surface area contributed by atoms with Crippen molar-refractivity contribution in [2.45, 2.75) is 37.8 Å². The fraction of sp³-hybridized carbons (Fsp3) is 0.571. The molecule has 22 heavy (non-hydrogen) atoms. The molecule has 2 aliphatic rings. The van der Waals surface area contributed by atoms with E-state index < -0.39 is 0 Å². The number of anilines is 1. The van der Waals surface area contributed by atoms with E-state index in [9.17, 15) is 4.79 Å². The number of hydrogen-bond donors (Lipinski definition) is 1. The molecule has 2 atom stereocenters. The van der Waals surface area contributed by atoms with Crippen molar-refractivity contribution in [2.24, 2.45) is 0 Å². The summed E-state index contributed by atoms with van der Waals surface area (Å²) in [5.74, 6) is 1.26. The summed E-state index contributed by atoms with van der Waals surface area (Å²) in [6.07, 6.45) is 2.33. The van der Waals surface area contributed by atoms with Crippen LogP contribution in [0.2, 0.25) is 0 Å². The molecule has 0 aromatic carbocycles. The van der Waals surface area contributed by atoms with Crippen molar-refractivity contribution < 1.29 is 4.74 Å². The van der Waals surface area contributed by atoms with Crippen LogP contribution < -0.4 is 10.9 Å². The SMILES string of the molecule is Cc1nsc(NC2COCC2n2nc(C3CC3)ccc2=O)n1. The minimum absolute atomic E-state index is 0.0213. The van der Waals surface area contributed by atoms with Crippen LogP contribution in [0.4, 0.5) is 5.13 Å². The van der Waals surface area contributed by atoms with E-state index in [-0.39, 0.29) is 17.6 Å². The second kappa shape index (κ2) is 5.44. The molecule has 0 spiro atoms. The molecule has 0 radical (unpaired) electrons. The summed E-state index contributed by atoms with van der Waals surface area (Å²) in [7, 11) is 0. The van der Waals surface area contributed by atoms with Gasteiger partial charge in [0.05, 0.1) is 24.9 Å². The third kappa shape index (κ3) is 2.64. The van der Waals surface area contributed by atoms with Crippen molar-refractivity contribution >= 4 is 16.7 Å². The van der Waals surface area contributed by atoms with E-state index in [2.05, 4.69) is 19.8 Å². The van der Waals surface area contributed by atoms with Crippen LogP contribution in [0.15, 0.2) is 16.9 Å². The van der Waals surface area contributed by atoms with Gasteiger partial charge < -0.3 is 10.1 Å². The van der Waals surface area contributed by atoms with Crippen molar-refractivity contribution in [1.82, 2.24) is 19.1 Å². The first-order valence-electron chi connectivity index (χ1n) is 7.45. The fourth-order valence-corrected chi connectivity index (χ4v) is 3.35. The van der Waals surface area contributed by atoms with Gasteiger partial charge in [-0.1, -0.05) is 0 Å². The number of aromatic nitrogens is 4. The number of hydrogen-bond acceptors (Lipinski definition) is 7. The molecule has 8 heteroatoms. The lowest BCUT2D eigenvalue weighted by molar-refractivity contribution is 0.182. The van der Waals surface area contributed by atoms with E-state index in [1.807, 2.05) is 13.0 Å². The molecule has 0 bridgehead atoms. The molecule has 1 saturated heterocycles. The van der Waals surface area contributed by atoms with Crippen LogP contribution in [0, 0.1) is 6.92 Å². The summed E-state index contributed by atoms with van der Waals surface area (Å²) in [6.45, 7) is 2.87. The van der Waals surface area contributed by atoms with Gasteiger partial charge in [-0.15, -0.1) is 0 Å². The quantitative estimate of drug-likeness (QED) is 0.915. The zero-order chi connectivity index (χ0) is 15.1. The first-order chi connectivity index (χ1) is 10.7. The molecule has 1 aliphatic heterocycles. The van der Waals surface area contributed by atoms with Gasteiger partial charge in [-0.05, 0) is 25.8 Å². The smallest absolute Gasteiger partial charge is 0.267 e. The summed E-state index contributed by atoms with van der Waals surface area (Å²) in [6, 6.07) is 3.33. The van der Waals surface area contributed by atoms with Crippen molar-refractivity contribution in [3.8, 4) is 0 Å². The third-order valence-corrected chi connectivity index (χ3v) is 4.78. The van der Waals surface area contributed by atoms with Crippen LogP contribution in [0.3, 0.4) is 0 Å². The van der Waals surface area contributed by atoms with Gasteiger partial charge in [0.1, 0.15) is 11.9 Å². The molecule has 1 N–H and O–H groups in total. The number of nitrogens with zero attached hydrogens (tertiary/aromatic N) is 4. The molecule has 1 saturated carbocycles. The minimum atomic E-state index is -0.115. The average molecular weight is 319 g/mol. The molecule has 116 valence electrons. The fourth-order valence-electron chi connectivity index (χ4n) is 2.71. The van der Waals surface area contributed by atoms with Crippen LogP contribution in [0.25, 0.3) is 0 Å². The molecule has 0 amide bonds. The molecule has 7 nitrogen and oxygen atoms in total. The lowest BCUT2D eigenvalue weighted by Crippen LogP contribution is -2.37. The van der Waals surface area contributed by atoms with E-state index >= 15 is 0 Å². The zero-order valence-electron chi connectivity index (χ0n) is 12.2. The number of aryl methyl sites for hydroxylation is 1. The summed E-state index contributed by atoms with van der Waals surface area (Å²) in [5, 5.41) is 8.64. The highest BCUT2D eigenvalue weighted by Gasteiger charge is 2.33. The van der Waals surface area contributed by atoms with E-state index in [0.717, 1.165) is 29.5 Å². The molecular weight excluding hydrogens is 302 g/mol. The van der Waals surface area contributed by atoms with Gasteiger partial charge in [-0.3, -0.25) is 4.79 Å². The maximum atomic E-state index is 12.2. The van der Waals surface area contributed by atoms with Crippen molar-refractivity contribution in [3.05, 3.63) is 34.0 Å². The molecule has 1 aliphatic carbocycles. The molecule has 2 fully saturated rings. The van der Waals surface area contributed by atoms with Gasteiger partial charge in [0, 0.05) is 23.5 Å². The molecule has 3 heterocycles. The lowest BCUT2D eigenvalue weighted by atomic mass is 10.2. The van der Waals surface area contributed by atoms with Gasteiger partial charge in [0.2, 0.25) is 5.13 Å². The Hall–Kier alpha value is -1.80.